The number of anilines is 1. The normalized spacial score (nSPS) is 10.6. The van der Waals surface area contributed by atoms with Crippen LogP contribution in [0.25, 0.3) is 0 Å². The van der Waals surface area contributed by atoms with Gasteiger partial charge in [0.1, 0.15) is 12.1 Å². The molecule has 2 rings (SSSR count). The van der Waals surface area contributed by atoms with E-state index < -0.39 is 0 Å². The van der Waals surface area contributed by atoms with Gasteiger partial charge in [-0.25, -0.2) is 4.98 Å². The number of nitrogens with one attached hydrogen (secondary N) is 1. The average molecular weight is 263 g/mol. The number of pyridine rings is 1. The quantitative estimate of drug-likeness (QED) is 0.811. The Kier molecular flexibility index (Phi) is 4.58. The first-order chi connectivity index (χ1) is 8.79. The second-order valence-electron chi connectivity index (χ2n) is 3.99. The molecule has 6 heteroatoms. The first-order valence-electron chi connectivity index (χ1n) is 5.95. The third kappa shape index (κ3) is 3.46. The van der Waals surface area contributed by atoms with E-state index in [2.05, 4.69) is 33.5 Å². The van der Waals surface area contributed by atoms with Crippen molar-refractivity contribution in [1.29, 1.82) is 0 Å². The summed E-state index contributed by atoms with van der Waals surface area (Å²) in [6.45, 7) is 3.10. The zero-order chi connectivity index (χ0) is 12.8. The topological polar surface area (TPSA) is 55.6 Å². The maximum absolute atomic E-state index is 4.37. The van der Waals surface area contributed by atoms with Crippen LogP contribution in [0.5, 0.6) is 0 Å². The number of rotatable bonds is 6. The molecule has 1 N–H and O–H groups in total. The van der Waals surface area contributed by atoms with Crippen molar-refractivity contribution in [3.8, 4) is 0 Å². The summed E-state index contributed by atoms with van der Waals surface area (Å²) in [5.74, 6) is 1.79. The molecule has 0 spiro atoms. The second kappa shape index (κ2) is 6.39. The Morgan fingerprint density at radius 1 is 1.39 bits per heavy atom. The highest BCUT2D eigenvalue weighted by atomic mass is 32.2. The van der Waals surface area contributed by atoms with Gasteiger partial charge in [0.25, 0.3) is 0 Å². The van der Waals surface area contributed by atoms with Crippen molar-refractivity contribution < 1.29 is 0 Å². The van der Waals surface area contributed by atoms with Crippen LogP contribution in [-0.4, -0.2) is 26.3 Å². The predicted octanol–water partition coefficient (Wildman–Crippen LogP) is 2.32. The Balaban J connectivity index is 1.88. The van der Waals surface area contributed by atoms with E-state index in [0.29, 0.717) is 0 Å². The molecule has 2 aromatic rings. The zero-order valence-electron chi connectivity index (χ0n) is 10.6. The van der Waals surface area contributed by atoms with Crippen molar-refractivity contribution in [2.24, 2.45) is 7.05 Å². The maximum atomic E-state index is 4.37. The van der Waals surface area contributed by atoms with Gasteiger partial charge in [0.05, 0.1) is 0 Å². The number of aromatic nitrogens is 4. The molecule has 0 aromatic carbocycles. The van der Waals surface area contributed by atoms with Gasteiger partial charge in [0, 0.05) is 25.5 Å². The highest BCUT2D eigenvalue weighted by molar-refractivity contribution is 7.98. The standard InChI is InChI=1S/C12H17N5S/c1-3-6-13-11-5-4-10(7-14-11)8-18-12-16-15-9-17(12)2/h4-5,7,9H,3,6,8H2,1-2H3,(H,13,14). The van der Waals surface area contributed by atoms with E-state index in [9.17, 15) is 0 Å². The maximum Gasteiger partial charge on any atom is 0.191 e. The predicted molar refractivity (Wildman–Crippen MR) is 73.6 cm³/mol. The van der Waals surface area contributed by atoms with Crippen LogP contribution in [0.3, 0.4) is 0 Å². The molecule has 0 saturated heterocycles. The number of hydrogen-bond acceptors (Lipinski definition) is 5. The van der Waals surface area contributed by atoms with Crippen molar-refractivity contribution in [3.63, 3.8) is 0 Å². The van der Waals surface area contributed by atoms with E-state index in [0.717, 1.165) is 29.7 Å². The van der Waals surface area contributed by atoms with E-state index >= 15 is 0 Å². The fourth-order valence-electron chi connectivity index (χ4n) is 1.42. The van der Waals surface area contributed by atoms with Gasteiger partial charge in [0.15, 0.2) is 5.16 Å². The van der Waals surface area contributed by atoms with E-state index in [1.807, 2.05) is 23.9 Å². The number of hydrogen-bond donors (Lipinski definition) is 1. The Bertz CT molecular complexity index is 479. The fraction of sp³-hybridized carbons (Fsp3) is 0.417. The Morgan fingerprint density at radius 2 is 2.28 bits per heavy atom. The van der Waals surface area contributed by atoms with Crippen molar-refractivity contribution >= 4 is 17.6 Å². The molecule has 0 aliphatic heterocycles. The number of thioether (sulfide) groups is 1. The molecule has 2 heterocycles. The lowest BCUT2D eigenvalue weighted by atomic mass is 10.3. The third-order valence-corrected chi connectivity index (χ3v) is 3.52. The summed E-state index contributed by atoms with van der Waals surface area (Å²) >= 11 is 1.66. The van der Waals surface area contributed by atoms with Gasteiger partial charge in [-0.05, 0) is 18.1 Å². The Morgan fingerprint density at radius 3 is 2.89 bits per heavy atom. The fourth-order valence-corrected chi connectivity index (χ4v) is 2.24. The molecular weight excluding hydrogens is 246 g/mol. The first-order valence-corrected chi connectivity index (χ1v) is 6.93. The van der Waals surface area contributed by atoms with Crippen LogP contribution in [0, 0.1) is 0 Å². The molecule has 0 bridgehead atoms. The lowest BCUT2D eigenvalue weighted by Crippen LogP contribution is -2.01. The average Bonchev–Trinajstić information content (AvgIpc) is 2.81. The summed E-state index contributed by atoms with van der Waals surface area (Å²) < 4.78 is 1.91. The minimum absolute atomic E-state index is 0.855. The van der Waals surface area contributed by atoms with E-state index in [1.165, 1.54) is 5.56 Å². The summed E-state index contributed by atoms with van der Waals surface area (Å²) in [4.78, 5) is 4.37. The van der Waals surface area contributed by atoms with Gasteiger partial charge in [-0.15, -0.1) is 10.2 Å². The van der Waals surface area contributed by atoms with Gasteiger partial charge >= 0.3 is 0 Å². The van der Waals surface area contributed by atoms with Crippen molar-refractivity contribution in [2.45, 2.75) is 24.3 Å². The first kappa shape index (κ1) is 12.9. The molecule has 2 aromatic heterocycles. The van der Waals surface area contributed by atoms with Crippen LogP contribution in [-0.2, 0) is 12.8 Å². The van der Waals surface area contributed by atoms with Gasteiger partial charge in [0.2, 0.25) is 0 Å². The van der Waals surface area contributed by atoms with E-state index in [1.54, 1.807) is 18.1 Å². The lowest BCUT2D eigenvalue weighted by Gasteiger charge is -2.05. The van der Waals surface area contributed by atoms with Crippen LogP contribution in [0.15, 0.2) is 29.8 Å². The van der Waals surface area contributed by atoms with Crippen molar-refractivity contribution in [1.82, 2.24) is 19.7 Å². The van der Waals surface area contributed by atoms with Crippen molar-refractivity contribution in [2.75, 3.05) is 11.9 Å². The molecule has 0 unspecified atom stereocenters. The van der Waals surface area contributed by atoms with Crippen molar-refractivity contribution in [3.05, 3.63) is 30.2 Å². The lowest BCUT2D eigenvalue weighted by molar-refractivity contribution is 0.788. The SMILES string of the molecule is CCCNc1ccc(CSc2nncn2C)cn1. The smallest absolute Gasteiger partial charge is 0.191 e. The molecule has 0 saturated carbocycles. The van der Waals surface area contributed by atoms with Crippen LogP contribution in [0.4, 0.5) is 5.82 Å². The molecule has 18 heavy (non-hydrogen) atoms. The van der Waals surface area contributed by atoms with Crippen LogP contribution in [0.1, 0.15) is 18.9 Å². The molecule has 96 valence electrons. The zero-order valence-corrected chi connectivity index (χ0v) is 11.4. The summed E-state index contributed by atoms with van der Waals surface area (Å²) in [5.41, 5.74) is 1.19. The highest BCUT2D eigenvalue weighted by Gasteiger charge is 2.02. The molecule has 0 amide bonds. The minimum Gasteiger partial charge on any atom is -0.370 e. The monoisotopic (exact) mass is 263 g/mol. The van der Waals surface area contributed by atoms with Gasteiger partial charge in [-0.1, -0.05) is 24.8 Å². The van der Waals surface area contributed by atoms with E-state index in [-0.39, 0.29) is 0 Å². The second-order valence-corrected chi connectivity index (χ2v) is 4.93. The van der Waals surface area contributed by atoms with Crippen LogP contribution in [0.2, 0.25) is 0 Å². The molecule has 0 aliphatic rings. The highest BCUT2D eigenvalue weighted by Crippen LogP contribution is 2.19. The number of nitrogens with zero attached hydrogens (tertiary/aromatic N) is 4. The van der Waals surface area contributed by atoms with E-state index in [4.69, 9.17) is 0 Å². The third-order valence-electron chi connectivity index (χ3n) is 2.42. The van der Waals surface area contributed by atoms with Gasteiger partial charge in [-0.3, -0.25) is 0 Å². The summed E-state index contributed by atoms with van der Waals surface area (Å²) in [7, 11) is 1.94. The summed E-state index contributed by atoms with van der Waals surface area (Å²) in [5, 5.41) is 12.1. The molecular formula is C12H17N5S. The molecule has 0 aliphatic carbocycles. The van der Waals surface area contributed by atoms with Gasteiger partial charge < -0.3 is 9.88 Å². The summed E-state index contributed by atoms with van der Waals surface area (Å²) in [6, 6.07) is 4.11. The number of aryl methyl sites for hydroxylation is 1. The Labute approximate surface area is 111 Å². The minimum atomic E-state index is 0.855. The molecule has 0 radical (unpaired) electrons. The largest absolute Gasteiger partial charge is 0.370 e. The Hall–Kier alpha value is -1.56. The van der Waals surface area contributed by atoms with Crippen LogP contribution >= 0.6 is 11.8 Å². The van der Waals surface area contributed by atoms with Crippen LogP contribution < -0.4 is 5.32 Å². The molecule has 5 nitrogen and oxygen atoms in total. The summed E-state index contributed by atoms with van der Waals surface area (Å²) in [6.07, 6.45) is 4.71. The van der Waals surface area contributed by atoms with Gasteiger partial charge in [-0.2, -0.15) is 0 Å². The molecule has 0 fully saturated rings. The molecule has 0 atom stereocenters.